The Morgan fingerprint density at radius 2 is 2.35 bits per heavy atom. The number of piperidine rings is 1. The fourth-order valence-corrected chi connectivity index (χ4v) is 3.52. The number of nitrogens with one attached hydrogen (secondary N) is 1. The van der Waals surface area contributed by atoms with Crippen molar-refractivity contribution in [1.29, 1.82) is 0 Å². The Balaban J connectivity index is 2.06. The number of nitrogens with zero attached hydrogens (tertiary/aromatic N) is 1. The van der Waals surface area contributed by atoms with Crippen LogP contribution in [-0.4, -0.2) is 31.1 Å². The maximum atomic E-state index is 3.60. The van der Waals surface area contributed by atoms with Crippen molar-refractivity contribution in [3.05, 3.63) is 22.4 Å². The monoisotopic (exact) mass is 252 g/mol. The molecule has 96 valence electrons. The number of hydrogen-bond acceptors (Lipinski definition) is 3. The number of thiophene rings is 1. The molecule has 0 saturated carbocycles. The first-order chi connectivity index (χ1) is 8.18. The van der Waals surface area contributed by atoms with E-state index >= 15 is 0 Å². The lowest BCUT2D eigenvalue weighted by Gasteiger charge is -2.39. The van der Waals surface area contributed by atoms with Gasteiger partial charge >= 0.3 is 0 Å². The zero-order chi connectivity index (χ0) is 12.3. The van der Waals surface area contributed by atoms with Crippen LogP contribution in [0.15, 0.2) is 16.8 Å². The molecule has 0 radical (unpaired) electrons. The summed E-state index contributed by atoms with van der Waals surface area (Å²) in [5, 5.41) is 8.12. The van der Waals surface area contributed by atoms with Crippen molar-refractivity contribution in [2.24, 2.45) is 5.92 Å². The molecule has 0 amide bonds. The molecule has 2 heterocycles. The molecule has 2 nitrogen and oxygen atoms in total. The quantitative estimate of drug-likeness (QED) is 0.885. The SMILES string of the molecule is CC(C)NCC1CCCN(C)C1c1ccsc1. The van der Waals surface area contributed by atoms with E-state index in [9.17, 15) is 0 Å². The van der Waals surface area contributed by atoms with Gasteiger partial charge in [0.2, 0.25) is 0 Å². The summed E-state index contributed by atoms with van der Waals surface area (Å²) in [6.45, 7) is 6.83. The molecule has 0 aliphatic carbocycles. The lowest BCUT2D eigenvalue weighted by molar-refractivity contribution is 0.118. The van der Waals surface area contributed by atoms with Crippen LogP contribution in [0.3, 0.4) is 0 Å². The Bertz CT molecular complexity index is 321. The molecule has 1 aliphatic rings. The molecule has 2 atom stereocenters. The predicted molar refractivity (Wildman–Crippen MR) is 75.6 cm³/mol. The van der Waals surface area contributed by atoms with Crippen LogP contribution in [0.5, 0.6) is 0 Å². The van der Waals surface area contributed by atoms with Crippen LogP contribution in [0, 0.1) is 5.92 Å². The van der Waals surface area contributed by atoms with Gasteiger partial charge in [-0.25, -0.2) is 0 Å². The van der Waals surface area contributed by atoms with Gasteiger partial charge in [0.25, 0.3) is 0 Å². The third kappa shape index (κ3) is 3.30. The second-order valence-electron chi connectivity index (χ2n) is 5.45. The molecular weight excluding hydrogens is 228 g/mol. The van der Waals surface area contributed by atoms with Gasteiger partial charge < -0.3 is 5.32 Å². The fourth-order valence-electron chi connectivity index (χ4n) is 2.83. The van der Waals surface area contributed by atoms with Crippen LogP contribution in [0.4, 0.5) is 0 Å². The van der Waals surface area contributed by atoms with E-state index in [4.69, 9.17) is 0 Å². The summed E-state index contributed by atoms with van der Waals surface area (Å²) in [4.78, 5) is 2.53. The van der Waals surface area contributed by atoms with Gasteiger partial charge in [0.15, 0.2) is 0 Å². The second kappa shape index (κ2) is 5.98. The summed E-state index contributed by atoms with van der Waals surface area (Å²) in [7, 11) is 2.27. The van der Waals surface area contributed by atoms with E-state index in [0.29, 0.717) is 12.1 Å². The van der Waals surface area contributed by atoms with Crippen LogP contribution in [0.1, 0.15) is 38.3 Å². The average molecular weight is 252 g/mol. The third-order valence-corrected chi connectivity index (χ3v) is 4.38. The maximum absolute atomic E-state index is 3.60. The summed E-state index contributed by atoms with van der Waals surface area (Å²) >= 11 is 1.81. The zero-order valence-corrected chi connectivity index (χ0v) is 12.0. The van der Waals surface area contributed by atoms with Crippen molar-refractivity contribution in [3.8, 4) is 0 Å². The van der Waals surface area contributed by atoms with Gasteiger partial charge in [0, 0.05) is 18.6 Å². The zero-order valence-electron chi connectivity index (χ0n) is 11.1. The van der Waals surface area contributed by atoms with Gasteiger partial charge in [0.05, 0.1) is 0 Å². The molecule has 1 aliphatic heterocycles. The molecule has 2 unspecified atom stereocenters. The predicted octanol–water partition coefficient (Wildman–Crippen LogP) is 3.13. The summed E-state index contributed by atoms with van der Waals surface area (Å²) in [6.07, 6.45) is 2.69. The molecule has 0 spiro atoms. The van der Waals surface area contributed by atoms with Crippen LogP contribution >= 0.6 is 11.3 Å². The summed E-state index contributed by atoms with van der Waals surface area (Å²) in [5.41, 5.74) is 1.51. The van der Waals surface area contributed by atoms with E-state index in [2.05, 4.69) is 47.9 Å². The smallest absolute Gasteiger partial charge is 0.0393 e. The van der Waals surface area contributed by atoms with Crippen molar-refractivity contribution in [2.75, 3.05) is 20.1 Å². The molecule has 1 fully saturated rings. The van der Waals surface area contributed by atoms with Crippen LogP contribution in [0.2, 0.25) is 0 Å². The topological polar surface area (TPSA) is 15.3 Å². The molecule has 3 heteroatoms. The van der Waals surface area contributed by atoms with E-state index in [0.717, 1.165) is 12.5 Å². The standard InChI is InChI=1S/C14H24N2S/c1-11(2)15-9-12-5-4-7-16(3)14(12)13-6-8-17-10-13/h6,8,10-12,14-15H,4-5,7,9H2,1-3H3. The molecule has 0 bridgehead atoms. The third-order valence-electron chi connectivity index (χ3n) is 3.68. The highest BCUT2D eigenvalue weighted by Gasteiger charge is 2.30. The van der Waals surface area contributed by atoms with Gasteiger partial charge in [-0.05, 0) is 54.7 Å². The Labute approximate surface area is 109 Å². The summed E-state index contributed by atoms with van der Waals surface area (Å²) < 4.78 is 0. The number of rotatable bonds is 4. The first-order valence-corrected chi connectivity index (χ1v) is 7.58. The Kier molecular flexibility index (Phi) is 4.60. The molecule has 0 aromatic carbocycles. The molecule has 17 heavy (non-hydrogen) atoms. The number of likely N-dealkylation sites (tertiary alicyclic amines) is 1. The normalized spacial score (nSPS) is 26.6. The van der Waals surface area contributed by atoms with Crippen molar-refractivity contribution in [1.82, 2.24) is 10.2 Å². The van der Waals surface area contributed by atoms with Crippen LogP contribution in [-0.2, 0) is 0 Å². The lowest BCUT2D eigenvalue weighted by Crippen LogP contribution is -2.41. The maximum Gasteiger partial charge on any atom is 0.0393 e. The molecule has 1 saturated heterocycles. The van der Waals surface area contributed by atoms with Gasteiger partial charge in [-0.2, -0.15) is 11.3 Å². The molecule has 1 aromatic heterocycles. The average Bonchev–Trinajstić information content (AvgIpc) is 2.79. The lowest BCUT2D eigenvalue weighted by atomic mass is 9.86. The van der Waals surface area contributed by atoms with E-state index in [1.807, 2.05) is 11.3 Å². The van der Waals surface area contributed by atoms with Crippen LogP contribution < -0.4 is 5.32 Å². The van der Waals surface area contributed by atoms with Crippen molar-refractivity contribution in [3.63, 3.8) is 0 Å². The van der Waals surface area contributed by atoms with E-state index in [1.54, 1.807) is 0 Å². The molecule has 1 aromatic rings. The first-order valence-electron chi connectivity index (χ1n) is 6.64. The number of hydrogen-bond donors (Lipinski definition) is 1. The second-order valence-corrected chi connectivity index (χ2v) is 6.23. The largest absolute Gasteiger partial charge is 0.314 e. The van der Waals surface area contributed by atoms with Gasteiger partial charge in [-0.15, -0.1) is 0 Å². The van der Waals surface area contributed by atoms with E-state index in [-0.39, 0.29) is 0 Å². The Morgan fingerprint density at radius 1 is 1.53 bits per heavy atom. The minimum Gasteiger partial charge on any atom is -0.314 e. The van der Waals surface area contributed by atoms with Gasteiger partial charge in [-0.1, -0.05) is 13.8 Å². The fraction of sp³-hybridized carbons (Fsp3) is 0.714. The van der Waals surface area contributed by atoms with E-state index in [1.165, 1.54) is 24.9 Å². The highest BCUT2D eigenvalue weighted by molar-refractivity contribution is 7.07. The minimum absolute atomic E-state index is 0.588. The first kappa shape index (κ1) is 13.1. The van der Waals surface area contributed by atoms with Crippen molar-refractivity contribution >= 4 is 11.3 Å². The molecular formula is C14H24N2S. The Hall–Kier alpha value is -0.380. The van der Waals surface area contributed by atoms with Gasteiger partial charge in [0.1, 0.15) is 0 Å². The summed E-state index contributed by atoms with van der Waals surface area (Å²) in [5.74, 6) is 0.755. The minimum atomic E-state index is 0.588. The van der Waals surface area contributed by atoms with Crippen molar-refractivity contribution in [2.45, 2.75) is 38.8 Å². The van der Waals surface area contributed by atoms with E-state index < -0.39 is 0 Å². The highest BCUT2D eigenvalue weighted by atomic mass is 32.1. The van der Waals surface area contributed by atoms with Gasteiger partial charge in [-0.3, -0.25) is 4.90 Å². The summed E-state index contributed by atoms with van der Waals surface area (Å²) in [6, 6.07) is 3.49. The molecule has 1 N–H and O–H groups in total. The molecule has 2 rings (SSSR count). The highest BCUT2D eigenvalue weighted by Crippen LogP contribution is 2.35. The Morgan fingerprint density at radius 3 is 3.00 bits per heavy atom. The van der Waals surface area contributed by atoms with Crippen LogP contribution in [0.25, 0.3) is 0 Å². The van der Waals surface area contributed by atoms with Crippen molar-refractivity contribution < 1.29 is 0 Å².